The van der Waals surface area contributed by atoms with Gasteiger partial charge >= 0.3 is 0 Å². The van der Waals surface area contributed by atoms with Gasteiger partial charge in [0.05, 0.1) is 0 Å². The third kappa shape index (κ3) is 4.19. The predicted molar refractivity (Wildman–Crippen MR) is 89.4 cm³/mol. The number of hydrogen-bond donors (Lipinski definition) is 1. The number of aryl methyl sites for hydroxylation is 1. The number of pyridine rings is 1. The Kier molecular flexibility index (Phi) is 5.85. The molecule has 2 rings (SSSR count). The fourth-order valence-corrected chi connectivity index (χ4v) is 2.95. The van der Waals surface area contributed by atoms with E-state index in [1.54, 1.807) is 0 Å². The highest BCUT2D eigenvalue weighted by Gasteiger charge is 2.23. The van der Waals surface area contributed by atoms with Crippen LogP contribution >= 0.6 is 15.9 Å². The third-order valence-electron chi connectivity index (χ3n) is 3.89. The van der Waals surface area contributed by atoms with Crippen LogP contribution in [0.2, 0.25) is 0 Å². The van der Waals surface area contributed by atoms with Gasteiger partial charge in [0.2, 0.25) is 0 Å². The van der Waals surface area contributed by atoms with Crippen molar-refractivity contribution in [3.63, 3.8) is 0 Å². The van der Waals surface area contributed by atoms with Crippen molar-refractivity contribution < 1.29 is 0 Å². The number of rotatable bonds is 5. The standard InChI is InChI=1S/C16H26BrN3/c1-12(2)9-18-10-14-6-4-5-7-20(14)16-8-13(3)15(17)11-19-16/h8,11-12,14,18H,4-7,9-10H2,1-3H3. The van der Waals surface area contributed by atoms with Gasteiger partial charge in [-0.2, -0.15) is 0 Å². The molecule has 1 saturated heterocycles. The summed E-state index contributed by atoms with van der Waals surface area (Å²) in [5.41, 5.74) is 1.26. The van der Waals surface area contributed by atoms with Gasteiger partial charge in [-0.1, -0.05) is 13.8 Å². The summed E-state index contributed by atoms with van der Waals surface area (Å²) in [5.74, 6) is 1.84. The molecule has 2 heterocycles. The number of nitrogens with zero attached hydrogens (tertiary/aromatic N) is 2. The minimum absolute atomic E-state index is 0.579. The molecular formula is C16H26BrN3. The summed E-state index contributed by atoms with van der Waals surface area (Å²) in [6.07, 6.45) is 5.80. The molecule has 4 heteroatoms. The maximum atomic E-state index is 4.61. The summed E-state index contributed by atoms with van der Waals surface area (Å²) in [6, 6.07) is 2.78. The lowest BCUT2D eigenvalue weighted by Gasteiger charge is -2.37. The van der Waals surface area contributed by atoms with Gasteiger partial charge in [-0.3, -0.25) is 0 Å². The molecule has 0 saturated carbocycles. The van der Waals surface area contributed by atoms with Crippen molar-refractivity contribution >= 4 is 21.7 Å². The second-order valence-corrected chi connectivity index (χ2v) is 7.04. The Hall–Kier alpha value is -0.610. The Bertz CT molecular complexity index is 434. The molecule has 0 aliphatic carbocycles. The first kappa shape index (κ1) is 15.8. The Balaban J connectivity index is 2.03. The minimum Gasteiger partial charge on any atom is -0.352 e. The maximum Gasteiger partial charge on any atom is 0.129 e. The maximum absolute atomic E-state index is 4.61. The smallest absolute Gasteiger partial charge is 0.129 e. The molecule has 1 N–H and O–H groups in total. The van der Waals surface area contributed by atoms with Crippen molar-refractivity contribution in [3.8, 4) is 0 Å². The summed E-state index contributed by atoms with van der Waals surface area (Å²) in [7, 11) is 0. The van der Waals surface area contributed by atoms with E-state index in [-0.39, 0.29) is 0 Å². The van der Waals surface area contributed by atoms with Crippen molar-refractivity contribution in [2.45, 2.75) is 46.1 Å². The summed E-state index contributed by atoms with van der Waals surface area (Å²) in [6.45, 7) is 9.93. The average Bonchev–Trinajstić information content (AvgIpc) is 2.42. The van der Waals surface area contributed by atoms with Crippen LogP contribution in [0.4, 0.5) is 5.82 Å². The van der Waals surface area contributed by atoms with Gasteiger partial charge in [0.1, 0.15) is 5.82 Å². The zero-order chi connectivity index (χ0) is 14.5. The van der Waals surface area contributed by atoms with Crippen LogP contribution in [0.25, 0.3) is 0 Å². The van der Waals surface area contributed by atoms with Crippen LogP contribution in [-0.2, 0) is 0 Å². The lowest BCUT2D eigenvalue weighted by molar-refractivity contribution is 0.420. The summed E-state index contributed by atoms with van der Waals surface area (Å²) >= 11 is 3.53. The molecule has 1 atom stereocenters. The largest absolute Gasteiger partial charge is 0.352 e. The summed E-state index contributed by atoms with van der Waals surface area (Å²) < 4.78 is 1.09. The molecule has 0 radical (unpaired) electrons. The Morgan fingerprint density at radius 3 is 2.95 bits per heavy atom. The van der Waals surface area contributed by atoms with Crippen molar-refractivity contribution in [2.24, 2.45) is 5.92 Å². The van der Waals surface area contributed by atoms with E-state index in [1.807, 2.05) is 6.20 Å². The van der Waals surface area contributed by atoms with Crippen LogP contribution in [0, 0.1) is 12.8 Å². The van der Waals surface area contributed by atoms with Gasteiger partial charge in [-0.25, -0.2) is 4.98 Å². The normalized spacial score (nSPS) is 19.6. The third-order valence-corrected chi connectivity index (χ3v) is 4.72. The van der Waals surface area contributed by atoms with E-state index in [4.69, 9.17) is 0 Å². The first-order valence-electron chi connectivity index (χ1n) is 7.67. The number of nitrogens with one attached hydrogen (secondary N) is 1. The van der Waals surface area contributed by atoms with Gasteiger partial charge in [0.15, 0.2) is 0 Å². The molecule has 112 valence electrons. The first-order valence-corrected chi connectivity index (χ1v) is 8.46. The predicted octanol–water partition coefficient (Wildman–Crippen LogP) is 3.76. The SMILES string of the molecule is Cc1cc(N2CCCCC2CNCC(C)C)ncc1Br. The minimum atomic E-state index is 0.579. The van der Waals surface area contributed by atoms with Crippen LogP contribution in [-0.4, -0.2) is 30.7 Å². The molecule has 0 spiro atoms. The van der Waals surface area contributed by atoms with Crippen LogP contribution in [0.5, 0.6) is 0 Å². The zero-order valence-corrected chi connectivity index (χ0v) is 14.4. The number of halogens is 1. The molecule has 0 aromatic carbocycles. The number of aromatic nitrogens is 1. The highest BCUT2D eigenvalue weighted by molar-refractivity contribution is 9.10. The summed E-state index contributed by atoms with van der Waals surface area (Å²) in [4.78, 5) is 7.09. The van der Waals surface area contributed by atoms with E-state index in [1.165, 1.54) is 24.8 Å². The van der Waals surface area contributed by atoms with Gasteiger partial charge in [0, 0.05) is 29.8 Å². The molecule has 0 amide bonds. The molecule has 1 aromatic heterocycles. The molecule has 0 bridgehead atoms. The van der Waals surface area contributed by atoms with E-state index in [0.29, 0.717) is 12.0 Å². The van der Waals surface area contributed by atoms with Gasteiger partial charge in [-0.05, 0) is 66.2 Å². The van der Waals surface area contributed by atoms with Crippen molar-refractivity contribution in [2.75, 3.05) is 24.5 Å². The highest BCUT2D eigenvalue weighted by atomic mass is 79.9. The van der Waals surface area contributed by atoms with Crippen molar-refractivity contribution in [3.05, 3.63) is 22.3 Å². The molecule has 1 unspecified atom stereocenters. The number of piperidine rings is 1. The lowest BCUT2D eigenvalue weighted by Crippen LogP contribution is -2.46. The molecule has 3 nitrogen and oxygen atoms in total. The van der Waals surface area contributed by atoms with E-state index >= 15 is 0 Å². The second kappa shape index (κ2) is 7.41. The van der Waals surface area contributed by atoms with Crippen molar-refractivity contribution in [1.82, 2.24) is 10.3 Å². The Morgan fingerprint density at radius 2 is 2.25 bits per heavy atom. The highest BCUT2D eigenvalue weighted by Crippen LogP contribution is 2.26. The fourth-order valence-electron chi connectivity index (χ4n) is 2.73. The molecule has 1 aliphatic heterocycles. The fraction of sp³-hybridized carbons (Fsp3) is 0.688. The molecular weight excluding hydrogens is 314 g/mol. The van der Waals surface area contributed by atoms with E-state index in [9.17, 15) is 0 Å². The lowest BCUT2D eigenvalue weighted by atomic mass is 10.0. The van der Waals surface area contributed by atoms with Crippen LogP contribution < -0.4 is 10.2 Å². The number of anilines is 1. The Labute approximate surface area is 131 Å². The molecule has 1 fully saturated rings. The van der Waals surface area contributed by atoms with Crippen LogP contribution in [0.15, 0.2) is 16.7 Å². The average molecular weight is 340 g/mol. The quantitative estimate of drug-likeness (QED) is 0.885. The van der Waals surface area contributed by atoms with E-state index < -0.39 is 0 Å². The molecule has 20 heavy (non-hydrogen) atoms. The van der Waals surface area contributed by atoms with Gasteiger partial charge in [-0.15, -0.1) is 0 Å². The van der Waals surface area contributed by atoms with Crippen LogP contribution in [0.3, 0.4) is 0 Å². The first-order chi connectivity index (χ1) is 9.58. The molecule has 1 aromatic rings. The van der Waals surface area contributed by atoms with Crippen LogP contribution in [0.1, 0.15) is 38.7 Å². The van der Waals surface area contributed by atoms with E-state index in [2.05, 4.69) is 58.0 Å². The number of hydrogen-bond acceptors (Lipinski definition) is 3. The summed E-state index contributed by atoms with van der Waals surface area (Å²) in [5, 5.41) is 3.60. The van der Waals surface area contributed by atoms with Gasteiger partial charge in [0.25, 0.3) is 0 Å². The second-order valence-electron chi connectivity index (χ2n) is 6.19. The zero-order valence-electron chi connectivity index (χ0n) is 12.8. The molecule has 1 aliphatic rings. The topological polar surface area (TPSA) is 28.2 Å². The van der Waals surface area contributed by atoms with Gasteiger partial charge < -0.3 is 10.2 Å². The Morgan fingerprint density at radius 1 is 1.45 bits per heavy atom. The van der Waals surface area contributed by atoms with Crippen molar-refractivity contribution in [1.29, 1.82) is 0 Å². The monoisotopic (exact) mass is 339 g/mol. The van der Waals surface area contributed by atoms with E-state index in [0.717, 1.165) is 29.9 Å².